The average molecular weight is 248 g/mol. The lowest BCUT2D eigenvalue weighted by atomic mass is 10.3. The molecule has 7 heteroatoms. The minimum absolute atomic E-state index is 0.137. The number of sulfonamides is 1. The van der Waals surface area contributed by atoms with Crippen molar-refractivity contribution in [1.82, 2.24) is 9.62 Å². The number of ether oxygens (including phenoxy) is 1. The first-order valence-corrected chi connectivity index (χ1v) is 6.88. The Hall–Kier alpha value is -0.660. The molecule has 1 N–H and O–H groups in total. The standard InChI is InChI=1S/C9H16N2O4S/c1-10-9(12)8-6-11(4-5-15-8)16(13,14)7-2-3-7/h7-8H,2-6H2,1H3,(H,10,12). The molecule has 1 atom stereocenters. The van der Waals surface area contributed by atoms with E-state index in [4.69, 9.17) is 4.74 Å². The monoisotopic (exact) mass is 248 g/mol. The van der Waals surface area contributed by atoms with Crippen molar-refractivity contribution in [2.75, 3.05) is 26.7 Å². The highest BCUT2D eigenvalue weighted by atomic mass is 32.2. The van der Waals surface area contributed by atoms with Gasteiger partial charge in [0.1, 0.15) is 6.10 Å². The molecular weight excluding hydrogens is 232 g/mol. The molecule has 0 aromatic rings. The first-order chi connectivity index (χ1) is 7.55. The molecule has 1 unspecified atom stereocenters. The predicted molar refractivity (Wildman–Crippen MR) is 57.3 cm³/mol. The van der Waals surface area contributed by atoms with Crippen LogP contribution in [0.3, 0.4) is 0 Å². The summed E-state index contributed by atoms with van der Waals surface area (Å²) in [6.45, 7) is 0.773. The number of hydrogen-bond acceptors (Lipinski definition) is 4. The fourth-order valence-electron chi connectivity index (χ4n) is 1.75. The molecule has 2 rings (SSSR count). The van der Waals surface area contributed by atoms with Crippen molar-refractivity contribution in [3.05, 3.63) is 0 Å². The van der Waals surface area contributed by atoms with Gasteiger partial charge in [0.2, 0.25) is 15.9 Å². The minimum atomic E-state index is -3.19. The summed E-state index contributed by atoms with van der Waals surface area (Å²) in [5.74, 6) is -0.268. The second-order valence-electron chi connectivity index (χ2n) is 4.08. The molecule has 0 aromatic heterocycles. The Balaban J connectivity index is 2.04. The van der Waals surface area contributed by atoms with E-state index in [1.54, 1.807) is 0 Å². The lowest BCUT2D eigenvalue weighted by molar-refractivity contribution is -0.135. The lowest BCUT2D eigenvalue weighted by Crippen LogP contribution is -2.51. The molecule has 1 saturated carbocycles. The van der Waals surface area contributed by atoms with E-state index >= 15 is 0 Å². The molecule has 1 heterocycles. The molecule has 0 aromatic carbocycles. The Labute approximate surface area is 95.0 Å². The molecule has 92 valence electrons. The highest BCUT2D eigenvalue weighted by molar-refractivity contribution is 7.90. The van der Waals surface area contributed by atoms with Crippen LogP contribution in [-0.2, 0) is 19.6 Å². The van der Waals surface area contributed by atoms with Gasteiger partial charge in [0.25, 0.3) is 0 Å². The largest absolute Gasteiger partial charge is 0.366 e. The van der Waals surface area contributed by atoms with Crippen LogP contribution in [0.4, 0.5) is 0 Å². The first-order valence-electron chi connectivity index (χ1n) is 5.38. The average Bonchev–Trinajstić information content (AvgIpc) is 3.12. The number of amides is 1. The van der Waals surface area contributed by atoms with Gasteiger partial charge in [-0.25, -0.2) is 8.42 Å². The number of carbonyl (C=O) groups excluding carboxylic acids is 1. The van der Waals surface area contributed by atoms with Gasteiger partial charge >= 0.3 is 0 Å². The van der Waals surface area contributed by atoms with E-state index in [0.717, 1.165) is 12.8 Å². The molecule has 0 spiro atoms. The van der Waals surface area contributed by atoms with Crippen LogP contribution >= 0.6 is 0 Å². The summed E-state index contributed by atoms with van der Waals surface area (Å²) in [4.78, 5) is 11.4. The third-order valence-corrected chi connectivity index (χ3v) is 5.24. The molecule has 6 nitrogen and oxygen atoms in total. The Kier molecular flexibility index (Phi) is 3.18. The summed E-state index contributed by atoms with van der Waals surface area (Å²) in [7, 11) is -1.68. The van der Waals surface area contributed by atoms with Crippen LogP contribution in [0.15, 0.2) is 0 Å². The number of morpholine rings is 1. The lowest BCUT2D eigenvalue weighted by Gasteiger charge is -2.31. The number of rotatable bonds is 3. The Morgan fingerprint density at radius 3 is 2.69 bits per heavy atom. The SMILES string of the molecule is CNC(=O)C1CN(S(=O)(=O)C2CC2)CCO1. The molecule has 1 amide bonds. The van der Waals surface area contributed by atoms with E-state index in [0.29, 0.717) is 6.54 Å². The topological polar surface area (TPSA) is 75.7 Å². The predicted octanol–water partition coefficient (Wildman–Crippen LogP) is -1.07. The van der Waals surface area contributed by atoms with E-state index in [2.05, 4.69) is 5.32 Å². The van der Waals surface area contributed by atoms with Gasteiger partial charge in [0.05, 0.1) is 11.9 Å². The van der Waals surface area contributed by atoms with Crippen molar-refractivity contribution in [2.45, 2.75) is 24.2 Å². The summed E-state index contributed by atoms with van der Waals surface area (Å²) in [6, 6.07) is 0. The highest BCUT2D eigenvalue weighted by Crippen LogP contribution is 2.31. The maximum atomic E-state index is 11.9. The van der Waals surface area contributed by atoms with Gasteiger partial charge in [-0.15, -0.1) is 0 Å². The van der Waals surface area contributed by atoms with Crippen molar-refractivity contribution < 1.29 is 17.9 Å². The fourth-order valence-corrected chi connectivity index (χ4v) is 3.58. The number of carbonyl (C=O) groups is 1. The van der Waals surface area contributed by atoms with Gasteiger partial charge in [0.15, 0.2) is 0 Å². The normalized spacial score (nSPS) is 27.7. The maximum absolute atomic E-state index is 11.9. The molecule has 2 aliphatic rings. The van der Waals surface area contributed by atoms with Crippen molar-refractivity contribution in [1.29, 1.82) is 0 Å². The van der Waals surface area contributed by atoms with Gasteiger partial charge in [-0.1, -0.05) is 0 Å². The van der Waals surface area contributed by atoms with Crippen LogP contribution in [0.5, 0.6) is 0 Å². The summed E-state index contributed by atoms with van der Waals surface area (Å²) in [6.07, 6.45) is 0.807. The zero-order valence-electron chi connectivity index (χ0n) is 9.18. The molecule has 1 saturated heterocycles. The van der Waals surface area contributed by atoms with E-state index in [1.807, 2.05) is 0 Å². The quantitative estimate of drug-likeness (QED) is 0.689. The summed E-state index contributed by atoms with van der Waals surface area (Å²) in [5.41, 5.74) is 0. The summed E-state index contributed by atoms with van der Waals surface area (Å²) >= 11 is 0. The zero-order chi connectivity index (χ0) is 11.8. The zero-order valence-corrected chi connectivity index (χ0v) is 10.00. The molecule has 0 bridgehead atoms. The molecule has 1 aliphatic heterocycles. The second-order valence-corrected chi connectivity index (χ2v) is 6.29. The van der Waals surface area contributed by atoms with Crippen LogP contribution in [0.1, 0.15) is 12.8 Å². The van der Waals surface area contributed by atoms with Gasteiger partial charge in [0, 0.05) is 20.1 Å². The van der Waals surface area contributed by atoms with Crippen LogP contribution in [0.2, 0.25) is 0 Å². The van der Waals surface area contributed by atoms with Gasteiger partial charge < -0.3 is 10.1 Å². The van der Waals surface area contributed by atoms with Crippen LogP contribution in [0.25, 0.3) is 0 Å². The second kappa shape index (κ2) is 4.31. The number of likely N-dealkylation sites (N-methyl/N-ethyl adjacent to an activating group) is 1. The van der Waals surface area contributed by atoms with Crippen molar-refractivity contribution in [2.24, 2.45) is 0 Å². The minimum Gasteiger partial charge on any atom is -0.366 e. The van der Waals surface area contributed by atoms with Gasteiger partial charge in [-0.3, -0.25) is 4.79 Å². The third-order valence-electron chi connectivity index (χ3n) is 2.87. The summed E-state index contributed by atoms with van der Waals surface area (Å²) < 4.78 is 30.5. The van der Waals surface area contributed by atoms with Crippen LogP contribution < -0.4 is 5.32 Å². The van der Waals surface area contributed by atoms with E-state index in [9.17, 15) is 13.2 Å². The molecular formula is C9H16N2O4S. The van der Waals surface area contributed by atoms with E-state index in [-0.39, 0.29) is 24.3 Å². The first kappa shape index (κ1) is 11.8. The van der Waals surface area contributed by atoms with Crippen molar-refractivity contribution >= 4 is 15.9 Å². The molecule has 1 aliphatic carbocycles. The van der Waals surface area contributed by atoms with Crippen LogP contribution in [-0.4, -0.2) is 56.7 Å². The molecule has 2 fully saturated rings. The number of nitrogens with zero attached hydrogens (tertiary/aromatic N) is 1. The van der Waals surface area contributed by atoms with E-state index in [1.165, 1.54) is 11.4 Å². The number of hydrogen-bond donors (Lipinski definition) is 1. The van der Waals surface area contributed by atoms with Gasteiger partial charge in [-0.2, -0.15) is 4.31 Å². The number of nitrogens with one attached hydrogen (secondary N) is 1. The third kappa shape index (κ3) is 2.21. The Morgan fingerprint density at radius 2 is 2.12 bits per heavy atom. The van der Waals surface area contributed by atoms with Crippen molar-refractivity contribution in [3.8, 4) is 0 Å². The molecule has 16 heavy (non-hydrogen) atoms. The fraction of sp³-hybridized carbons (Fsp3) is 0.889. The highest BCUT2D eigenvalue weighted by Gasteiger charge is 2.42. The Bertz CT molecular complexity index is 377. The van der Waals surface area contributed by atoms with Crippen molar-refractivity contribution in [3.63, 3.8) is 0 Å². The summed E-state index contributed by atoms with van der Waals surface area (Å²) in [5, 5.41) is 2.24. The van der Waals surface area contributed by atoms with E-state index < -0.39 is 16.1 Å². The van der Waals surface area contributed by atoms with Gasteiger partial charge in [-0.05, 0) is 12.8 Å². The smallest absolute Gasteiger partial charge is 0.250 e. The molecule has 0 radical (unpaired) electrons. The Morgan fingerprint density at radius 1 is 1.44 bits per heavy atom. The maximum Gasteiger partial charge on any atom is 0.250 e. The van der Waals surface area contributed by atoms with Crippen LogP contribution in [0, 0.1) is 0 Å².